The first-order valence-electron chi connectivity index (χ1n) is 10.3. The van der Waals surface area contributed by atoms with Gasteiger partial charge in [-0.05, 0) is 48.0 Å². The molecule has 2 aromatic heterocycles. The van der Waals surface area contributed by atoms with E-state index in [9.17, 15) is 0 Å². The van der Waals surface area contributed by atoms with Crippen LogP contribution >= 0.6 is 0 Å². The number of hydrazine groups is 1. The van der Waals surface area contributed by atoms with Crippen LogP contribution in [0.4, 0.5) is 11.6 Å². The molecular weight excluding hydrogens is 404 g/mol. The summed E-state index contributed by atoms with van der Waals surface area (Å²) in [6, 6.07) is 23.1. The summed E-state index contributed by atoms with van der Waals surface area (Å²) in [5.41, 5.74) is 11.1. The van der Waals surface area contributed by atoms with Crippen LogP contribution in [-0.2, 0) is 13.2 Å². The number of rotatable bonds is 10. The van der Waals surface area contributed by atoms with Crippen LogP contribution in [0.2, 0.25) is 0 Å². The van der Waals surface area contributed by atoms with Crippen molar-refractivity contribution in [2.24, 2.45) is 5.84 Å². The van der Waals surface area contributed by atoms with Gasteiger partial charge in [0.15, 0.2) is 0 Å². The summed E-state index contributed by atoms with van der Waals surface area (Å²) < 4.78 is 11.8. The fourth-order valence-electron chi connectivity index (χ4n) is 3.20. The Labute approximate surface area is 186 Å². The van der Waals surface area contributed by atoms with Gasteiger partial charge in [0.1, 0.15) is 36.3 Å². The van der Waals surface area contributed by atoms with Crippen molar-refractivity contribution in [2.45, 2.75) is 13.2 Å². The van der Waals surface area contributed by atoms with Gasteiger partial charge < -0.3 is 25.9 Å². The fraction of sp³-hybridized carbons (Fsp3) is 0.167. The second-order valence-corrected chi connectivity index (χ2v) is 7.21. The van der Waals surface area contributed by atoms with E-state index in [1.807, 2.05) is 66.7 Å². The monoisotopic (exact) mass is 430 g/mol. The Morgan fingerprint density at radius 3 is 2.53 bits per heavy atom. The van der Waals surface area contributed by atoms with Crippen molar-refractivity contribution in [3.8, 4) is 11.5 Å². The second kappa shape index (κ2) is 10.4. The van der Waals surface area contributed by atoms with E-state index >= 15 is 0 Å². The summed E-state index contributed by atoms with van der Waals surface area (Å²) in [5.74, 6) is 8.03. The number of hydrogen-bond acceptors (Lipinski definition) is 8. The van der Waals surface area contributed by atoms with Crippen molar-refractivity contribution in [3.05, 3.63) is 84.1 Å². The largest absolute Gasteiger partial charge is 0.492 e. The first kappa shape index (κ1) is 21.4. The lowest BCUT2D eigenvalue weighted by molar-refractivity contribution is 0.294. The molecule has 6 N–H and O–H groups in total. The van der Waals surface area contributed by atoms with E-state index in [0.29, 0.717) is 37.9 Å². The van der Waals surface area contributed by atoms with E-state index in [4.69, 9.17) is 21.1 Å². The van der Waals surface area contributed by atoms with Gasteiger partial charge in [0.25, 0.3) is 0 Å². The molecule has 32 heavy (non-hydrogen) atoms. The number of hydrogen-bond donors (Lipinski definition) is 4. The summed E-state index contributed by atoms with van der Waals surface area (Å²) in [7, 11) is 0. The molecule has 0 saturated carbocycles. The van der Waals surface area contributed by atoms with Gasteiger partial charge in [0.05, 0.1) is 11.2 Å². The van der Waals surface area contributed by atoms with Crippen LogP contribution in [0.3, 0.4) is 0 Å². The molecule has 2 heterocycles. The predicted octanol–water partition coefficient (Wildman–Crippen LogP) is 3.25. The summed E-state index contributed by atoms with van der Waals surface area (Å²) in [5, 5.41) is 4.35. The molecule has 0 fully saturated rings. The number of nitrogens with zero attached hydrogens (tertiary/aromatic N) is 2. The molecule has 164 valence electrons. The molecule has 0 radical (unpaired) electrons. The van der Waals surface area contributed by atoms with E-state index in [2.05, 4.69) is 20.7 Å². The van der Waals surface area contributed by atoms with Gasteiger partial charge >= 0.3 is 0 Å². The fourth-order valence-corrected chi connectivity index (χ4v) is 3.20. The molecule has 0 aliphatic carbocycles. The maximum Gasteiger partial charge on any atom is 0.140 e. The lowest BCUT2D eigenvalue weighted by Crippen LogP contribution is -2.21. The lowest BCUT2D eigenvalue weighted by atomic mass is 10.1. The number of nitrogens with one attached hydrogen (secondary N) is 2. The van der Waals surface area contributed by atoms with Crippen LogP contribution in [-0.4, -0.2) is 23.1 Å². The first-order valence-corrected chi connectivity index (χ1v) is 10.3. The van der Waals surface area contributed by atoms with Crippen molar-refractivity contribution in [1.82, 2.24) is 15.3 Å². The number of benzene rings is 2. The van der Waals surface area contributed by atoms with Crippen LogP contribution in [0.1, 0.15) is 11.3 Å². The Kier molecular flexibility index (Phi) is 6.96. The van der Waals surface area contributed by atoms with Crippen molar-refractivity contribution in [2.75, 3.05) is 24.3 Å². The Morgan fingerprint density at radius 1 is 0.844 bits per heavy atom. The van der Waals surface area contributed by atoms with E-state index in [0.717, 1.165) is 33.7 Å². The smallest absolute Gasteiger partial charge is 0.140 e. The highest BCUT2D eigenvalue weighted by Gasteiger charge is 2.03. The average molecular weight is 431 g/mol. The van der Waals surface area contributed by atoms with Gasteiger partial charge in [0, 0.05) is 24.5 Å². The third kappa shape index (κ3) is 5.84. The number of ether oxygens (including phenoxy) is 2. The highest BCUT2D eigenvalue weighted by Crippen LogP contribution is 2.21. The lowest BCUT2D eigenvalue weighted by Gasteiger charge is -2.11. The third-order valence-corrected chi connectivity index (χ3v) is 4.80. The Bertz CT molecular complexity index is 1180. The molecule has 2 aromatic carbocycles. The quantitative estimate of drug-likeness (QED) is 0.172. The van der Waals surface area contributed by atoms with Crippen LogP contribution in [0, 0.1) is 0 Å². The number of fused-ring (bicyclic) bond motifs is 1. The van der Waals surface area contributed by atoms with Crippen LogP contribution < -0.4 is 31.8 Å². The minimum atomic E-state index is 0.432. The van der Waals surface area contributed by atoms with Gasteiger partial charge in [-0.25, -0.2) is 15.8 Å². The van der Waals surface area contributed by atoms with E-state index in [-0.39, 0.29) is 0 Å². The maximum absolute atomic E-state index is 5.94. The molecule has 0 saturated heterocycles. The van der Waals surface area contributed by atoms with E-state index < -0.39 is 0 Å². The summed E-state index contributed by atoms with van der Waals surface area (Å²) in [4.78, 5) is 8.72. The molecule has 0 spiro atoms. The highest BCUT2D eigenvalue weighted by atomic mass is 16.5. The number of aromatic nitrogens is 2. The van der Waals surface area contributed by atoms with Gasteiger partial charge in [-0.15, -0.1) is 0 Å². The highest BCUT2D eigenvalue weighted by molar-refractivity contribution is 5.80. The molecule has 8 nitrogen and oxygen atoms in total. The Morgan fingerprint density at radius 2 is 1.66 bits per heavy atom. The molecule has 4 aromatic rings. The molecule has 4 rings (SSSR count). The molecule has 0 atom stereocenters. The molecular formula is C24H26N6O2. The zero-order valence-corrected chi connectivity index (χ0v) is 17.6. The van der Waals surface area contributed by atoms with E-state index in [1.165, 1.54) is 0 Å². The van der Waals surface area contributed by atoms with E-state index in [1.54, 1.807) is 6.07 Å². The normalized spacial score (nSPS) is 10.8. The SMILES string of the molecule is NNc1cccc(CNCCOc2cccc(OCc3ccc4ccc(N)nc4c3)c2)n1. The van der Waals surface area contributed by atoms with Gasteiger partial charge in [0.2, 0.25) is 0 Å². The minimum absolute atomic E-state index is 0.432. The number of anilines is 2. The van der Waals surface area contributed by atoms with Gasteiger partial charge in [-0.1, -0.05) is 24.3 Å². The van der Waals surface area contributed by atoms with Gasteiger partial charge in [-0.3, -0.25) is 0 Å². The maximum atomic E-state index is 5.94. The topological polar surface area (TPSA) is 120 Å². The summed E-state index contributed by atoms with van der Waals surface area (Å²) >= 11 is 0. The van der Waals surface area contributed by atoms with Crippen molar-refractivity contribution < 1.29 is 9.47 Å². The Balaban J connectivity index is 1.24. The molecule has 0 amide bonds. The standard InChI is InChI=1S/C24H26N6O2/c25-23-10-9-18-8-7-17(13-22(18)29-23)16-32-21-5-2-4-20(14-21)31-12-11-27-15-19-3-1-6-24(28-19)30-26/h1-10,13-14,27H,11-12,15-16,26H2,(H2,25,29)(H,28,30). The number of pyridine rings is 2. The molecule has 0 bridgehead atoms. The zero-order chi connectivity index (χ0) is 22.2. The van der Waals surface area contributed by atoms with Crippen molar-refractivity contribution in [3.63, 3.8) is 0 Å². The van der Waals surface area contributed by atoms with Crippen LogP contribution in [0.5, 0.6) is 11.5 Å². The molecule has 0 aliphatic heterocycles. The van der Waals surface area contributed by atoms with Crippen molar-refractivity contribution in [1.29, 1.82) is 0 Å². The predicted molar refractivity (Wildman–Crippen MR) is 126 cm³/mol. The number of nitrogens with two attached hydrogens (primary N) is 2. The summed E-state index contributed by atoms with van der Waals surface area (Å²) in [6.45, 7) is 2.27. The number of nitrogen functional groups attached to an aromatic ring is 2. The zero-order valence-electron chi connectivity index (χ0n) is 17.6. The minimum Gasteiger partial charge on any atom is -0.492 e. The molecule has 0 unspecified atom stereocenters. The second-order valence-electron chi connectivity index (χ2n) is 7.21. The molecule has 8 heteroatoms. The molecule has 0 aliphatic rings. The Hall–Kier alpha value is -3.88. The van der Waals surface area contributed by atoms with Crippen LogP contribution in [0.25, 0.3) is 10.9 Å². The van der Waals surface area contributed by atoms with Crippen molar-refractivity contribution >= 4 is 22.5 Å². The van der Waals surface area contributed by atoms with Crippen LogP contribution in [0.15, 0.2) is 72.8 Å². The van der Waals surface area contributed by atoms with Gasteiger partial charge in [-0.2, -0.15) is 0 Å². The third-order valence-electron chi connectivity index (χ3n) is 4.80. The summed E-state index contributed by atoms with van der Waals surface area (Å²) in [6.07, 6.45) is 0. The average Bonchev–Trinajstić information content (AvgIpc) is 2.82. The first-order chi connectivity index (χ1) is 15.7.